The standard InChI is InChI=1S/C20H19NO4/c1-12(16(21)11-13-7-9-14(24-2)10-8-13)18-19(22)15-5-3-4-6-17(15)25-20(18)23/h3-10,22H,11,21H2,1-2H3/b16-12-. The molecule has 0 amide bonds. The van der Waals surface area contributed by atoms with E-state index in [9.17, 15) is 9.90 Å². The predicted octanol–water partition coefficient (Wildman–Crippen LogP) is 3.44. The van der Waals surface area contributed by atoms with Crippen molar-refractivity contribution in [1.29, 1.82) is 0 Å². The zero-order valence-electron chi connectivity index (χ0n) is 14.1. The Labute approximate surface area is 145 Å². The van der Waals surface area contributed by atoms with Crippen molar-refractivity contribution in [3.8, 4) is 11.5 Å². The number of nitrogens with two attached hydrogens (primary N) is 1. The molecule has 0 fully saturated rings. The van der Waals surface area contributed by atoms with Gasteiger partial charge in [-0.05, 0) is 42.3 Å². The molecule has 0 unspecified atom stereocenters. The first-order chi connectivity index (χ1) is 12.0. The molecule has 1 heterocycles. The summed E-state index contributed by atoms with van der Waals surface area (Å²) in [5.74, 6) is 0.651. The van der Waals surface area contributed by atoms with E-state index in [4.69, 9.17) is 14.9 Å². The smallest absolute Gasteiger partial charge is 0.347 e. The van der Waals surface area contributed by atoms with Gasteiger partial charge in [-0.15, -0.1) is 0 Å². The first kappa shape index (κ1) is 16.6. The zero-order chi connectivity index (χ0) is 18.0. The monoisotopic (exact) mass is 337 g/mol. The summed E-state index contributed by atoms with van der Waals surface area (Å²) >= 11 is 0. The van der Waals surface area contributed by atoms with Gasteiger partial charge < -0.3 is 20.0 Å². The van der Waals surface area contributed by atoms with Crippen LogP contribution in [0.5, 0.6) is 11.5 Å². The van der Waals surface area contributed by atoms with Crippen molar-refractivity contribution in [2.75, 3.05) is 7.11 Å². The predicted molar refractivity (Wildman–Crippen MR) is 97.6 cm³/mol. The molecule has 1 aromatic heterocycles. The van der Waals surface area contributed by atoms with Crippen molar-refractivity contribution in [2.45, 2.75) is 13.3 Å². The highest BCUT2D eigenvalue weighted by atomic mass is 16.5. The van der Waals surface area contributed by atoms with E-state index >= 15 is 0 Å². The van der Waals surface area contributed by atoms with Gasteiger partial charge in [0.2, 0.25) is 0 Å². The van der Waals surface area contributed by atoms with Crippen molar-refractivity contribution in [2.24, 2.45) is 5.73 Å². The van der Waals surface area contributed by atoms with Crippen molar-refractivity contribution < 1.29 is 14.3 Å². The third kappa shape index (κ3) is 3.21. The second kappa shape index (κ2) is 6.73. The Bertz CT molecular complexity index is 1000. The van der Waals surface area contributed by atoms with Gasteiger partial charge in [0, 0.05) is 12.1 Å². The number of benzene rings is 2. The summed E-state index contributed by atoms with van der Waals surface area (Å²) in [6.07, 6.45) is 0.446. The number of hydrogen-bond donors (Lipinski definition) is 2. The Hall–Kier alpha value is -3.21. The Balaban J connectivity index is 2.03. The summed E-state index contributed by atoms with van der Waals surface area (Å²) in [6.45, 7) is 1.71. The fourth-order valence-corrected chi connectivity index (χ4v) is 2.72. The number of para-hydroxylation sites is 1. The van der Waals surface area contributed by atoms with Crippen LogP contribution in [-0.4, -0.2) is 12.2 Å². The lowest BCUT2D eigenvalue weighted by molar-refractivity contribution is 0.414. The lowest BCUT2D eigenvalue weighted by atomic mass is 10.0. The Morgan fingerprint density at radius 1 is 1.16 bits per heavy atom. The molecule has 5 nitrogen and oxygen atoms in total. The van der Waals surface area contributed by atoms with Gasteiger partial charge in [0.25, 0.3) is 0 Å². The quantitative estimate of drug-likeness (QED) is 0.712. The molecule has 0 bridgehead atoms. The number of hydrogen-bond acceptors (Lipinski definition) is 5. The molecular weight excluding hydrogens is 318 g/mol. The van der Waals surface area contributed by atoms with Crippen LogP contribution in [0.25, 0.3) is 16.5 Å². The number of fused-ring (bicyclic) bond motifs is 1. The fourth-order valence-electron chi connectivity index (χ4n) is 2.72. The molecule has 0 atom stereocenters. The Kier molecular flexibility index (Phi) is 4.48. The maximum absolute atomic E-state index is 12.3. The minimum absolute atomic E-state index is 0.102. The van der Waals surface area contributed by atoms with Gasteiger partial charge >= 0.3 is 5.63 Å². The van der Waals surface area contributed by atoms with Gasteiger partial charge in [0.1, 0.15) is 22.6 Å². The summed E-state index contributed by atoms with van der Waals surface area (Å²) in [4.78, 5) is 12.3. The fraction of sp³-hybridized carbons (Fsp3) is 0.150. The molecule has 0 radical (unpaired) electrons. The van der Waals surface area contributed by atoms with E-state index in [2.05, 4.69) is 0 Å². The number of aromatic hydroxyl groups is 1. The molecule has 0 aliphatic rings. The number of ether oxygens (including phenoxy) is 1. The van der Waals surface area contributed by atoms with Crippen LogP contribution in [0.15, 0.2) is 63.4 Å². The number of rotatable bonds is 4. The van der Waals surface area contributed by atoms with E-state index in [-0.39, 0.29) is 11.3 Å². The number of methoxy groups -OCH3 is 1. The lowest BCUT2D eigenvalue weighted by Gasteiger charge is -2.11. The Morgan fingerprint density at radius 2 is 1.84 bits per heavy atom. The second-order valence-electron chi connectivity index (χ2n) is 5.78. The molecule has 5 heteroatoms. The van der Waals surface area contributed by atoms with Crippen molar-refractivity contribution in [1.82, 2.24) is 0 Å². The Morgan fingerprint density at radius 3 is 2.52 bits per heavy atom. The maximum atomic E-state index is 12.3. The molecule has 0 saturated carbocycles. The number of allylic oxidation sites excluding steroid dienone is 2. The second-order valence-corrected chi connectivity index (χ2v) is 5.78. The third-order valence-electron chi connectivity index (χ3n) is 4.20. The molecule has 3 N–H and O–H groups in total. The third-order valence-corrected chi connectivity index (χ3v) is 4.20. The molecule has 0 spiro atoms. The molecule has 3 rings (SSSR count). The summed E-state index contributed by atoms with van der Waals surface area (Å²) < 4.78 is 10.4. The highest BCUT2D eigenvalue weighted by molar-refractivity contribution is 5.88. The van der Waals surface area contributed by atoms with Gasteiger partial charge in [-0.1, -0.05) is 24.3 Å². The van der Waals surface area contributed by atoms with Gasteiger partial charge in [-0.25, -0.2) is 4.79 Å². The van der Waals surface area contributed by atoms with E-state index in [1.807, 2.05) is 24.3 Å². The van der Waals surface area contributed by atoms with E-state index in [0.717, 1.165) is 11.3 Å². The van der Waals surface area contributed by atoms with Crippen LogP contribution in [0.3, 0.4) is 0 Å². The van der Waals surface area contributed by atoms with Crippen LogP contribution in [-0.2, 0) is 6.42 Å². The van der Waals surface area contributed by atoms with Crippen molar-refractivity contribution >= 4 is 16.5 Å². The van der Waals surface area contributed by atoms with Crippen LogP contribution < -0.4 is 16.1 Å². The molecule has 2 aromatic carbocycles. The lowest BCUT2D eigenvalue weighted by Crippen LogP contribution is -2.11. The highest BCUT2D eigenvalue weighted by Gasteiger charge is 2.17. The summed E-state index contributed by atoms with van der Waals surface area (Å²) in [5, 5.41) is 11.0. The van der Waals surface area contributed by atoms with Crippen molar-refractivity contribution in [3.63, 3.8) is 0 Å². The van der Waals surface area contributed by atoms with Crippen molar-refractivity contribution in [3.05, 3.63) is 75.8 Å². The topological polar surface area (TPSA) is 85.7 Å². The van der Waals surface area contributed by atoms with E-state index in [1.165, 1.54) is 0 Å². The average molecular weight is 337 g/mol. The minimum atomic E-state index is -0.605. The van der Waals surface area contributed by atoms with Crippen LogP contribution in [0.4, 0.5) is 0 Å². The van der Waals surface area contributed by atoms with Gasteiger partial charge in [-0.2, -0.15) is 0 Å². The summed E-state index contributed by atoms with van der Waals surface area (Å²) in [6, 6.07) is 14.4. The minimum Gasteiger partial charge on any atom is -0.506 e. The van der Waals surface area contributed by atoms with Crippen LogP contribution in [0, 0.1) is 0 Å². The maximum Gasteiger partial charge on any atom is 0.347 e. The van der Waals surface area contributed by atoms with Crippen LogP contribution >= 0.6 is 0 Å². The molecule has 25 heavy (non-hydrogen) atoms. The average Bonchev–Trinajstić information content (AvgIpc) is 2.62. The molecule has 0 saturated heterocycles. The molecule has 0 aliphatic carbocycles. The first-order valence-corrected chi connectivity index (χ1v) is 7.84. The van der Waals surface area contributed by atoms with Gasteiger partial charge in [0.15, 0.2) is 0 Å². The van der Waals surface area contributed by atoms with E-state index in [1.54, 1.807) is 38.3 Å². The molecule has 0 aliphatic heterocycles. The summed E-state index contributed by atoms with van der Waals surface area (Å²) in [5.41, 5.74) is 8.00. The SMILES string of the molecule is COc1ccc(C/C(N)=C(\C)c2c(O)c3ccccc3oc2=O)cc1. The summed E-state index contributed by atoms with van der Waals surface area (Å²) in [7, 11) is 1.61. The normalized spacial score (nSPS) is 12.1. The molecular formula is C20H19NO4. The van der Waals surface area contributed by atoms with Crippen LogP contribution in [0.1, 0.15) is 18.1 Å². The molecule has 128 valence electrons. The zero-order valence-corrected chi connectivity index (χ0v) is 14.1. The van der Waals surface area contributed by atoms with Gasteiger partial charge in [0.05, 0.1) is 12.5 Å². The van der Waals surface area contributed by atoms with Gasteiger partial charge in [-0.3, -0.25) is 0 Å². The van der Waals surface area contributed by atoms with Crippen LogP contribution in [0.2, 0.25) is 0 Å². The largest absolute Gasteiger partial charge is 0.506 e. The van der Waals surface area contributed by atoms with E-state index < -0.39 is 5.63 Å². The first-order valence-electron chi connectivity index (χ1n) is 7.84. The molecule has 3 aromatic rings. The van der Waals surface area contributed by atoms with E-state index in [0.29, 0.717) is 28.7 Å². The highest BCUT2D eigenvalue weighted by Crippen LogP contribution is 2.31.